The summed E-state index contributed by atoms with van der Waals surface area (Å²) in [6, 6.07) is 5.67. The molecule has 0 fully saturated rings. The average Bonchev–Trinajstić information content (AvgIpc) is 1.91. The summed E-state index contributed by atoms with van der Waals surface area (Å²) in [6.07, 6.45) is -4.60. The summed E-state index contributed by atoms with van der Waals surface area (Å²) in [5.41, 5.74) is 0.893. The van der Waals surface area contributed by atoms with Crippen molar-refractivity contribution in [3.8, 4) is 5.75 Å². The third-order valence-corrected chi connectivity index (χ3v) is 1.25. The van der Waals surface area contributed by atoms with E-state index in [1.54, 1.807) is 19.1 Å². The first kappa shape index (κ1) is 11.8. The van der Waals surface area contributed by atoms with Crippen molar-refractivity contribution in [2.75, 3.05) is 0 Å². The van der Waals surface area contributed by atoms with Gasteiger partial charge in [-0.2, -0.15) is 0 Å². The molecule has 0 N–H and O–H groups in total. The van der Waals surface area contributed by atoms with Crippen LogP contribution in [0.5, 0.6) is 5.75 Å². The van der Waals surface area contributed by atoms with Crippen molar-refractivity contribution in [1.82, 2.24) is 0 Å². The van der Waals surface area contributed by atoms with E-state index in [-0.39, 0.29) is 13.2 Å². The van der Waals surface area contributed by atoms with E-state index in [9.17, 15) is 13.2 Å². The van der Waals surface area contributed by atoms with Crippen molar-refractivity contribution in [3.05, 3.63) is 29.8 Å². The fraction of sp³-hybridized carbons (Fsp3) is 0.333. The van der Waals surface area contributed by atoms with Gasteiger partial charge in [-0.1, -0.05) is 25.1 Å². The number of ether oxygens (including phenoxy) is 1. The third-order valence-electron chi connectivity index (χ3n) is 1.25. The van der Waals surface area contributed by atoms with E-state index in [4.69, 9.17) is 0 Å². The topological polar surface area (TPSA) is 9.23 Å². The monoisotopic (exact) mass is 192 g/mol. The van der Waals surface area contributed by atoms with Gasteiger partial charge in [0.1, 0.15) is 5.75 Å². The van der Waals surface area contributed by atoms with Crippen LogP contribution in [0.15, 0.2) is 24.3 Å². The van der Waals surface area contributed by atoms with Crippen LogP contribution < -0.4 is 4.74 Å². The van der Waals surface area contributed by atoms with Crippen LogP contribution in [0.2, 0.25) is 0 Å². The van der Waals surface area contributed by atoms with Crippen LogP contribution >= 0.6 is 0 Å². The number of hydrogen-bond donors (Lipinski definition) is 0. The second-order valence-corrected chi connectivity index (χ2v) is 2.36. The predicted octanol–water partition coefficient (Wildman–Crippen LogP) is 3.53. The van der Waals surface area contributed by atoms with Gasteiger partial charge in [-0.15, -0.1) is 13.2 Å². The van der Waals surface area contributed by atoms with Crippen molar-refractivity contribution < 1.29 is 17.9 Å². The average molecular weight is 192 g/mol. The Labute approximate surface area is 75.1 Å². The van der Waals surface area contributed by atoms with Crippen LogP contribution in [0.4, 0.5) is 13.2 Å². The largest absolute Gasteiger partial charge is 0.573 e. The molecule has 0 aliphatic rings. The first-order chi connectivity index (χ1) is 5.47. The maximum absolute atomic E-state index is 11.6. The highest BCUT2D eigenvalue weighted by Crippen LogP contribution is 2.22. The molecule has 0 aromatic heterocycles. The van der Waals surface area contributed by atoms with E-state index in [1.165, 1.54) is 12.1 Å². The molecule has 1 aromatic rings. The minimum Gasteiger partial charge on any atom is -0.406 e. The van der Waals surface area contributed by atoms with Crippen LogP contribution in [-0.4, -0.2) is 6.36 Å². The van der Waals surface area contributed by atoms with Crippen LogP contribution in [0.3, 0.4) is 0 Å². The SMILES string of the molecule is C.Cc1ccc(OC(F)(F)F)cc1. The van der Waals surface area contributed by atoms with Gasteiger partial charge in [-0.05, 0) is 19.1 Å². The number of halogens is 3. The second-order valence-electron chi connectivity index (χ2n) is 2.36. The van der Waals surface area contributed by atoms with Gasteiger partial charge in [0.2, 0.25) is 0 Å². The van der Waals surface area contributed by atoms with Gasteiger partial charge in [0.05, 0.1) is 0 Å². The number of benzene rings is 1. The molecule has 13 heavy (non-hydrogen) atoms. The molecule has 1 aromatic carbocycles. The molecular weight excluding hydrogens is 181 g/mol. The predicted molar refractivity (Wildman–Crippen MR) is 44.6 cm³/mol. The Bertz CT molecular complexity index is 251. The first-order valence-electron chi connectivity index (χ1n) is 3.30. The zero-order valence-electron chi connectivity index (χ0n) is 6.35. The number of alkyl halides is 3. The summed E-state index contributed by atoms with van der Waals surface area (Å²) in [6.45, 7) is 1.79. The molecule has 0 saturated carbocycles. The fourth-order valence-corrected chi connectivity index (χ4v) is 0.740. The summed E-state index contributed by atoms with van der Waals surface area (Å²) in [5, 5.41) is 0. The molecule has 0 atom stereocenters. The third kappa shape index (κ3) is 4.40. The zero-order chi connectivity index (χ0) is 9.19. The molecule has 0 saturated heterocycles. The van der Waals surface area contributed by atoms with Gasteiger partial charge in [0, 0.05) is 0 Å². The molecule has 0 unspecified atom stereocenters. The van der Waals surface area contributed by atoms with Crippen LogP contribution in [0.1, 0.15) is 13.0 Å². The lowest BCUT2D eigenvalue weighted by molar-refractivity contribution is -0.274. The molecular formula is C9H11F3O. The van der Waals surface area contributed by atoms with Gasteiger partial charge >= 0.3 is 6.36 Å². The van der Waals surface area contributed by atoms with Gasteiger partial charge in [-0.3, -0.25) is 0 Å². The Balaban J connectivity index is 0.00000144. The molecule has 0 bridgehead atoms. The Kier molecular flexibility index (Phi) is 3.78. The Morgan fingerprint density at radius 3 is 1.92 bits per heavy atom. The summed E-state index contributed by atoms with van der Waals surface area (Å²) in [7, 11) is 0. The summed E-state index contributed by atoms with van der Waals surface area (Å²) in [4.78, 5) is 0. The van der Waals surface area contributed by atoms with Gasteiger partial charge in [0.15, 0.2) is 0 Å². The minimum atomic E-state index is -4.60. The van der Waals surface area contributed by atoms with E-state index in [1.807, 2.05) is 0 Å². The molecule has 0 aliphatic carbocycles. The second kappa shape index (κ2) is 4.16. The molecule has 1 nitrogen and oxygen atoms in total. The molecule has 0 aliphatic heterocycles. The van der Waals surface area contributed by atoms with Gasteiger partial charge < -0.3 is 4.74 Å². The Morgan fingerprint density at radius 2 is 1.54 bits per heavy atom. The van der Waals surface area contributed by atoms with E-state index < -0.39 is 6.36 Å². The quantitative estimate of drug-likeness (QED) is 0.661. The molecule has 0 spiro atoms. The van der Waals surface area contributed by atoms with Crippen LogP contribution in [0, 0.1) is 6.92 Å². The van der Waals surface area contributed by atoms with Crippen LogP contribution in [-0.2, 0) is 0 Å². The molecule has 4 heteroatoms. The number of rotatable bonds is 1. The van der Waals surface area contributed by atoms with Crippen molar-refractivity contribution >= 4 is 0 Å². The van der Waals surface area contributed by atoms with E-state index >= 15 is 0 Å². The zero-order valence-corrected chi connectivity index (χ0v) is 6.35. The fourth-order valence-electron chi connectivity index (χ4n) is 0.740. The summed E-state index contributed by atoms with van der Waals surface area (Å²) >= 11 is 0. The summed E-state index contributed by atoms with van der Waals surface area (Å²) in [5.74, 6) is -0.187. The minimum absolute atomic E-state index is 0. The maximum atomic E-state index is 11.6. The lowest BCUT2D eigenvalue weighted by Crippen LogP contribution is -2.16. The van der Waals surface area contributed by atoms with Crippen molar-refractivity contribution in [2.24, 2.45) is 0 Å². The van der Waals surface area contributed by atoms with Crippen molar-refractivity contribution in [2.45, 2.75) is 20.7 Å². The van der Waals surface area contributed by atoms with Gasteiger partial charge in [-0.25, -0.2) is 0 Å². The lowest BCUT2D eigenvalue weighted by Gasteiger charge is -2.08. The highest BCUT2D eigenvalue weighted by atomic mass is 19.4. The summed E-state index contributed by atoms with van der Waals surface area (Å²) < 4.78 is 38.5. The Hall–Kier alpha value is -1.19. The molecule has 0 amide bonds. The van der Waals surface area contributed by atoms with Crippen molar-refractivity contribution in [3.63, 3.8) is 0 Å². The molecule has 0 heterocycles. The standard InChI is InChI=1S/C8H7F3O.CH4/c1-6-2-4-7(5-3-6)12-8(9,10)11;/h2-5H,1H3;1H4. The first-order valence-corrected chi connectivity index (χ1v) is 3.30. The number of aryl methyl sites for hydroxylation is 1. The van der Waals surface area contributed by atoms with Crippen molar-refractivity contribution in [1.29, 1.82) is 0 Å². The molecule has 0 radical (unpaired) electrons. The van der Waals surface area contributed by atoms with E-state index in [0.29, 0.717) is 0 Å². The van der Waals surface area contributed by atoms with Crippen LogP contribution in [0.25, 0.3) is 0 Å². The van der Waals surface area contributed by atoms with E-state index in [2.05, 4.69) is 4.74 Å². The molecule has 1 rings (SSSR count). The van der Waals surface area contributed by atoms with Gasteiger partial charge in [0.25, 0.3) is 0 Å². The Morgan fingerprint density at radius 1 is 1.08 bits per heavy atom. The van der Waals surface area contributed by atoms with E-state index in [0.717, 1.165) is 5.56 Å². The normalized spacial score (nSPS) is 10.5. The highest BCUT2D eigenvalue weighted by molar-refractivity contribution is 5.26. The maximum Gasteiger partial charge on any atom is 0.573 e. The smallest absolute Gasteiger partial charge is 0.406 e. The number of hydrogen-bond acceptors (Lipinski definition) is 1. The lowest BCUT2D eigenvalue weighted by atomic mass is 10.2. The highest BCUT2D eigenvalue weighted by Gasteiger charge is 2.30. The molecule has 74 valence electrons.